The quantitative estimate of drug-likeness (QED) is 0.829. The number of carbonyl (C=O) groups is 1. The van der Waals surface area contributed by atoms with Crippen LogP contribution in [0.3, 0.4) is 0 Å². The minimum atomic E-state index is -1.04. The van der Waals surface area contributed by atoms with E-state index in [1.54, 1.807) is 11.9 Å². The third-order valence-corrected chi connectivity index (χ3v) is 3.68. The fourth-order valence-electron chi connectivity index (χ4n) is 2.52. The number of anilines is 1. The van der Waals surface area contributed by atoms with Crippen molar-refractivity contribution in [3.8, 4) is 0 Å². The van der Waals surface area contributed by atoms with Gasteiger partial charge in [0.05, 0.1) is 11.2 Å². The summed E-state index contributed by atoms with van der Waals surface area (Å²) in [6.45, 7) is 0.430. The van der Waals surface area contributed by atoms with Crippen LogP contribution in [0.5, 0.6) is 0 Å². The van der Waals surface area contributed by atoms with E-state index in [1.807, 2.05) is 0 Å². The van der Waals surface area contributed by atoms with Gasteiger partial charge in [0.1, 0.15) is 11.0 Å². The number of carboxylic acids is 1. The number of aromatic carboxylic acids is 1. The fourth-order valence-corrected chi connectivity index (χ4v) is 2.72. The fraction of sp³-hybridized carbons (Fsp3) is 0.538. The van der Waals surface area contributed by atoms with Gasteiger partial charge in [0.15, 0.2) is 0 Å². The Morgan fingerprint density at radius 1 is 1.47 bits per heavy atom. The minimum Gasteiger partial charge on any atom is -0.478 e. The van der Waals surface area contributed by atoms with Gasteiger partial charge in [-0.05, 0) is 25.0 Å². The van der Waals surface area contributed by atoms with E-state index in [2.05, 4.69) is 4.98 Å². The predicted molar refractivity (Wildman–Crippen MR) is 72.9 cm³/mol. The lowest BCUT2D eigenvalue weighted by atomic mass is 10.0. The van der Waals surface area contributed by atoms with E-state index in [1.165, 1.54) is 12.1 Å². The van der Waals surface area contributed by atoms with Crippen LogP contribution < -0.4 is 4.90 Å². The molecule has 0 atom stereocenters. The van der Waals surface area contributed by atoms with Crippen LogP contribution in [-0.2, 0) is 0 Å². The highest BCUT2D eigenvalue weighted by atomic mass is 35.5. The summed E-state index contributed by atoms with van der Waals surface area (Å²) in [7, 11) is 1.78. The summed E-state index contributed by atoms with van der Waals surface area (Å²) in [5.41, 5.74) is -0.609. The van der Waals surface area contributed by atoms with E-state index in [9.17, 15) is 9.90 Å². The van der Waals surface area contributed by atoms with Crippen LogP contribution >= 0.6 is 11.6 Å². The highest BCUT2D eigenvalue weighted by molar-refractivity contribution is 6.29. The van der Waals surface area contributed by atoms with Crippen molar-refractivity contribution in [1.29, 1.82) is 0 Å². The molecule has 1 aromatic rings. The number of hydrogen-bond acceptors (Lipinski definition) is 4. The molecule has 2 N–H and O–H groups in total. The standard InChI is InChI=1S/C13H17ClN2O3/c1-16(8-13(19)4-2-3-5-13)11-7-9(12(17)18)6-10(14)15-11/h6-7,19H,2-5,8H2,1H3,(H,17,18). The van der Waals surface area contributed by atoms with Gasteiger partial charge in [-0.3, -0.25) is 0 Å². The number of aliphatic hydroxyl groups is 1. The van der Waals surface area contributed by atoms with Gasteiger partial charge >= 0.3 is 5.97 Å². The van der Waals surface area contributed by atoms with Crippen molar-refractivity contribution in [1.82, 2.24) is 4.98 Å². The van der Waals surface area contributed by atoms with E-state index in [-0.39, 0.29) is 10.7 Å². The lowest BCUT2D eigenvalue weighted by molar-refractivity contribution is 0.0558. The molecule has 1 fully saturated rings. The smallest absolute Gasteiger partial charge is 0.335 e. The maximum atomic E-state index is 11.0. The molecule has 0 unspecified atom stereocenters. The largest absolute Gasteiger partial charge is 0.478 e. The second-order valence-corrected chi connectivity index (χ2v) is 5.52. The molecule has 1 heterocycles. The molecule has 0 saturated heterocycles. The number of carboxylic acid groups (broad SMARTS) is 1. The van der Waals surface area contributed by atoms with Crippen molar-refractivity contribution in [2.45, 2.75) is 31.3 Å². The van der Waals surface area contributed by atoms with Gasteiger partial charge in [-0.1, -0.05) is 24.4 Å². The zero-order valence-corrected chi connectivity index (χ0v) is 11.5. The Kier molecular flexibility index (Phi) is 3.96. The first kappa shape index (κ1) is 14.1. The van der Waals surface area contributed by atoms with Crippen LogP contribution in [0.1, 0.15) is 36.0 Å². The van der Waals surface area contributed by atoms with Crippen LogP contribution in [0.4, 0.5) is 5.82 Å². The first-order valence-electron chi connectivity index (χ1n) is 6.24. The number of rotatable bonds is 4. The number of likely N-dealkylation sites (N-methyl/N-ethyl adjacent to an activating group) is 1. The molecule has 2 rings (SSSR count). The van der Waals surface area contributed by atoms with Gasteiger partial charge in [-0.25, -0.2) is 9.78 Å². The summed E-state index contributed by atoms with van der Waals surface area (Å²) in [5.74, 6) is -0.580. The van der Waals surface area contributed by atoms with Crippen molar-refractivity contribution >= 4 is 23.4 Å². The van der Waals surface area contributed by atoms with E-state index in [0.29, 0.717) is 12.4 Å². The molecular weight excluding hydrogens is 268 g/mol. The van der Waals surface area contributed by atoms with Gasteiger partial charge in [0.2, 0.25) is 0 Å². The summed E-state index contributed by atoms with van der Waals surface area (Å²) < 4.78 is 0. The van der Waals surface area contributed by atoms with Crippen LogP contribution in [0.25, 0.3) is 0 Å². The molecule has 5 nitrogen and oxygen atoms in total. The topological polar surface area (TPSA) is 73.7 Å². The highest BCUT2D eigenvalue weighted by Gasteiger charge is 2.32. The van der Waals surface area contributed by atoms with Gasteiger partial charge in [0, 0.05) is 13.6 Å². The minimum absolute atomic E-state index is 0.0975. The van der Waals surface area contributed by atoms with Crippen molar-refractivity contribution in [3.05, 3.63) is 22.8 Å². The summed E-state index contributed by atoms with van der Waals surface area (Å²) >= 11 is 5.83. The lowest BCUT2D eigenvalue weighted by Gasteiger charge is -2.29. The summed E-state index contributed by atoms with van der Waals surface area (Å²) in [6.07, 6.45) is 3.58. The van der Waals surface area contributed by atoms with Crippen molar-refractivity contribution < 1.29 is 15.0 Å². The molecule has 0 bridgehead atoms. The third kappa shape index (κ3) is 3.36. The molecule has 0 amide bonds. The average molecular weight is 285 g/mol. The Bertz CT molecular complexity index is 487. The molecule has 1 aliphatic rings. The number of nitrogens with zero attached hydrogens (tertiary/aromatic N) is 2. The first-order chi connectivity index (χ1) is 8.89. The summed E-state index contributed by atoms with van der Waals surface area (Å²) in [4.78, 5) is 16.8. The molecule has 6 heteroatoms. The summed E-state index contributed by atoms with van der Waals surface area (Å²) in [5, 5.41) is 19.5. The zero-order chi connectivity index (χ0) is 14.0. The molecular formula is C13H17ClN2O3. The van der Waals surface area contributed by atoms with E-state index in [4.69, 9.17) is 16.7 Å². The Labute approximate surface area is 116 Å². The first-order valence-corrected chi connectivity index (χ1v) is 6.62. The normalized spacial score (nSPS) is 17.4. The average Bonchev–Trinajstić information content (AvgIpc) is 2.74. The lowest BCUT2D eigenvalue weighted by Crippen LogP contribution is -2.39. The van der Waals surface area contributed by atoms with Gasteiger partial charge in [-0.15, -0.1) is 0 Å². The second-order valence-electron chi connectivity index (χ2n) is 5.13. The molecule has 0 radical (unpaired) electrons. The molecule has 0 spiro atoms. The Morgan fingerprint density at radius 2 is 2.11 bits per heavy atom. The molecule has 1 saturated carbocycles. The van der Waals surface area contributed by atoms with Crippen molar-refractivity contribution in [3.63, 3.8) is 0 Å². The third-order valence-electron chi connectivity index (χ3n) is 3.48. The van der Waals surface area contributed by atoms with E-state index >= 15 is 0 Å². The molecule has 0 aromatic carbocycles. The van der Waals surface area contributed by atoms with Gasteiger partial charge in [0.25, 0.3) is 0 Å². The van der Waals surface area contributed by atoms with E-state index in [0.717, 1.165) is 25.7 Å². The van der Waals surface area contributed by atoms with Crippen LogP contribution in [0.15, 0.2) is 12.1 Å². The number of aromatic nitrogens is 1. The van der Waals surface area contributed by atoms with Gasteiger partial charge < -0.3 is 15.1 Å². The number of halogens is 1. The van der Waals surface area contributed by atoms with Crippen LogP contribution in [0.2, 0.25) is 5.15 Å². The zero-order valence-electron chi connectivity index (χ0n) is 10.8. The Hall–Kier alpha value is -1.33. The van der Waals surface area contributed by atoms with E-state index < -0.39 is 11.6 Å². The molecule has 0 aliphatic heterocycles. The van der Waals surface area contributed by atoms with Crippen LogP contribution in [-0.4, -0.2) is 40.4 Å². The second kappa shape index (κ2) is 5.35. The SMILES string of the molecule is CN(CC1(O)CCCC1)c1cc(C(=O)O)cc(Cl)n1. The maximum Gasteiger partial charge on any atom is 0.335 e. The molecule has 104 valence electrons. The molecule has 1 aliphatic carbocycles. The number of pyridine rings is 1. The highest BCUT2D eigenvalue weighted by Crippen LogP contribution is 2.31. The van der Waals surface area contributed by atoms with Gasteiger partial charge in [-0.2, -0.15) is 0 Å². The monoisotopic (exact) mass is 284 g/mol. The predicted octanol–water partition coefficient (Wildman–Crippen LogP) is 2.17. The van der Waals surface area contributed by atoms with Crippen molar-refractivity contribution in [2.24, 2.45) is 0 Å². The van der Waals surface area contributed by atoms with Crippen LogP contribution in [0, 0.1) is 0 Å². The number of hydrogen-bond donors (Lipinski definition) is 2. The summed E-state index contributed by atoms with van der Waals surface area (Å²) in [6, 6.07) is 2.78. The maximum absolute atomic E-state index is 11.0. The Balaban J connectivity index is 2.18. The molecule has 19 heavy (non-hydrogen) atoms. The molecule has 1 aromatic heterocycles. The van der Waals surface area contributed by atoms with Crippen molar-refractivity contribution in [2.75, 3.05) is 18.5 Å². The Morgan fingerprint density at radius 3 is 2.68 bits per heavy atom.